The SMILES string of the molecule is Cc1cc(C#N)nc(N2CCN(S(=O)(=O)c3ccc(NC(=O)c4cccc(N5CCC[C@H]5CC(=O)O)n4)cc3)CC2)n1. The number of nitrogens with one attached hydrogen (secondary N) is 1. The Bertz CT molecular complexity index is 1630. The lowest BCUT2D eigenvalue weighted by molar-refractivity contribution is -0.137. The molecule has 2 aliphatic rings. The molecule has 14 heteroatoms. The van der Waals surface area contributed by atoms with Crippen LogP contribution in [0.2, 0.25) is 0 Å². The van der Waals surface area contributed by atoms with E-state index in [1.807, 2.05) is 15.9 Å². The zero-order valence-corrected chi connectivity index (χ0v) is 23.8. The number of benzene rings is 1. The molecule has 2 N–H and O–H groups in total. The van der Waals surface area contributed by atoms with Crippen LogP contribution in [0.15, 0.2) is 53.4 Å². The molecule has 4 heterocycles. The first-order valence-electron chi connectivity index (χ1n) is 13.5. The van der Waals surface area contributed by atoms with Crippen LogP contribution < -0.4 is 15.1 Å². The average Bonchev–Trinajstić information content (AvgIpc) is 3.44. The van der Waals surface area contributed by atoms with Gasteiger partial charge in [0.15, 0.2) is 0 Å². The van der Waals surface area contributed by atoms with E-state index in [2.05, 4.69) is 20.3 Å². The Kier molecular flexibility index (Phi) is 8.32. The number of piperazine rings is 1. The minimum atomic E-state index is -3.77. The van der Waals surface area contributed by atoms with Gasteiger partial charge in [-0.15, -0.1) is 0 Å². The van der Waals surface area contributed by atoms with Gasteiger partial charge < -0.3 is 20.2 Å². The van der Waals surface area contributed by atoms with E-state index >= 15 is 0 Å². The molecular formula is C28H30N8O5S. The molecule has 0 bridgehead atoms. The first-order chi connectivity index (χ1) is 20.1. The molecule has 2 fully saturated rings. The van der Waals surface area contributed by atoms with E-state index in [0.29, 0.717) is 42.8 Å². The lowest BCUT2D eigenvalue weighted by Gasteiger charge is -2.34. The van der Waals surface area contributed by atoms with E-state index in [1.165, 1.54) is 28.6 Å². The number of aliphatic carboxylic acids is 1. The maximum absolute atomic E-state index is 13.3. The van der Waals surface area contributed by atoms with Gasteiger partial charge in [0.2, 0.25) is 16.0 Å². The van der Waals surface area contributed by atoms with Crippen molar-refractivity contribution >= 4 is 39.4 Å². The van der Waals surface area contributed by atoms with E-state index in [-0.39, 0.29) is 41.8 Å². The summed E-state index contributed by atoms with van der Waals surface area (Å²) in [5.74, 6) is -0.382. The van der Waals surface area contributed by atoms with Gasteiger partial charge in [-0.1, -0.05) is 6.07 Å². The fourth-order valence-electron chi connectivity index (χ4n) is 5.20. The summed E-state index contributed by atoms with van der Waals surface area (Å²) >= 11 is 0. The summed E-state index contributed by atoms with van der Waals surface area (Å²) < 4.78 is 28.0. The maximum atomic E-state index is 13.3. The van der Waals surface area contributed by atoms with Gasteiger partial charge >= 0.3 is 5.97 Å². The number of nitrogens with zero attached hydrogens (tertiary/aromatic N) is 7. The van der Waals surface area contributed by atoms with Crippen LogP contribution in [0.3, 0.4) is 0 Å². The van der Waals surface area contributed by atoms with E-state index in [4.69, 9.17) is 0 Å². The summed E-state index contributed by atoms with van der Waals surface area (Å²) in [5, 5.41) is 21.1. The van der Waals surface area contributed by atoms with Crippen molar-refractivity contribution in [1.29, 1.82) is 5.26 Å². The number of carboxylic acids is 1. The first kappa shape index (κ1) is 28.9. The van der Waals surface area contributed by atoms with Gasteiger partial charge in [0, 0.05) is 50.1 Å². The van der Waals surface area contributed by atoms with Gasteiger partial charge in [-0.3, -0.25) is 9.59 Å². The van der Waals surface area contributed by atoms with Crippen LogP contribution in [-0.4, -0.2) is 83.4 Å². The fraction of sp³-hybridized carbons (Fsp3) is 0.357. The summed E-state index contributed by atoms with van der Waals surface area (Å²) in [4.78, 5) is 41.1. The molecule has 0 radical (unpaired) electrons. The number of carbonyl (C=O) groups is 2. The van der Waals surface area contributed by atoms with Crippen LogP contribution in [0.5, 0.6) is 0 Å². The molecule has 2 aliphatic heterocycles. The Morgan fingerprint density at radius 2 is 1.79 bits per heavy atom. The average molecular weight is 591 g/mol. The van der Waals surface area contributed by atoms with Crippen LogP contribution in [0, 0.1) is 18.3 Å². The van der Waals surface area contributed by atoms with Crippen molar-refractivity contribution in [2.45, 2.75) is 37.1 Å². The number of carbonyl (C=O) groups excluding carboxylic acids is 1. The Hall–Kier alpha value is -4.61. The second-order valence-corrected chi connectivity index (χ2v) is 12.1. The third kappa shape index (κ3) is 6.32. The van der Waals surface area contributed by atoms with Gasteiger partial charge in [0.1, 0.15) is 23.3 Å². The van der Waals surface area contributed by atoms with Crippen molar-refractivity contribution in [3.05, 3.63) is 65.6 Å². The Labute approximate surface area is 243 Å². The summed E-state index contributed by atoms with van der Waals surface area (Å²) in [6.07, 6.45) is 1.61. The van der Waals surface area contributed by atoms with Crippen molar-refractivity contribution in [3.63, 3.8) is 0 Å². The molecule has 42 heavy (non-hydrogen) atoms. The summed E-state index contributed by atoms with van der Waals surface area (Å²) in [6.45, 7) is 3.66. The molecule has 2 aromatic heterocycles. The number of rotatable bonds is 8. The lowest BCUT2D eigenvalue weighted by Crippen LogP contribution is -2.49. The number of sulfonamides is 1. The molecule has 1 atom stereocenters. The summed E-state index contributed by atoms with van der Waals surface area (Å²) in [5.41, 5.74) is 1.51. The van der Waals surface area contributed by atoms with Crippen molar-refractivity contribution in [2.75, 3.05) is 47.8 Å². The van der Waals surface area contributed by atoms with Gasteiger partial charge in [0.05, 0.1) is 11.3 Å². The van der Waals surface area contributed by atoms with Crippen LogP contribution >= 0.6 is 0 Å². The molecule has 3 aromatic rings. The van der Waals surface area contributed by atoms with E-state index in [1.54, 1.807) is 31.2 Å². The predicted octanol–water partition coefficient (Wildman–Crippen LogP) is 2.26. The number of amides is 1. The Balaban J connectivity index is 1.21. The van der Waals surface area contributed by atoms with E-state index in [0.717, 1.165) is 12.8 Å². The number of nitriles is 1. The number of carboxylic acid groups (broad SMARTS) is 1. The molecule has 0 aliphatic carbocycles. The van der Waals surface area contributed by atoms with Crippen molar-refractivity contribution in [3.8, 4) is 6.07 Å². The topological polar surface area (TPSA) is 173 Å². The predicted molar refractivity (Wildman–Crippen MR) is 154 cm³/mol. The third-order valence-corrected chi connectivity index (χ3v) is 9.19. The zero-order valence-electron chi connectivity index (χ0n) is 23.0. The minimum absolute atomic E-state index is 0.00731. The Morgan fingerprint density at radius 1 is 1.05 bits per heavy atom. The zero-order chi connectivity index (χ0) is 29.9. The van der Waals surface area contributed by atoms with Gasteiger partial charge in [0.25, 0.3) is 5.91 Å². The Morgan fingerprint density at radius 3 is 2.48 bits per heavy atom. The molecule has 0 saturated carbocycles. The second-order valence-electron chi connectivity index (χ2n) is 10.1. The number of pyridine rings is 1. The smallest absolute Gasteiger partial charge is 0.305 e. The van der Waals surface area contributed by atoms with E-state index < -0.39 is 21.9 Å². The summed E-state index contributed by atoms with van der Waals surface area (Å²) in [6, 6.07) is 14.4. The molecule has 5 rings (SSSR count). The van der Waals surface area contributed by atoms with E-state index in [9.17, 15) is 28.4 Å². The highest BCUT2D eigenvalue weighted by Gasteiger charge is 2.30. The fourth-order valence-corrected chi connectivity index (χ4v) is 6.62. The van der Waals surface area contributed by atoms with Crippen LogP contribution in [0.4, 0.5) is 17.5 Å². The number of anilines is 3. The number of aromatic nitrogens is 3. The van der Waals surface area contributed by atoms with Crippen LogP contribution in [0.25, 0.3) is 0 Å². The molecule has 13 nitrogen and oxygen atoms in total. The van der Waals surface area contributed by atoms with Crippen LogP contribution in [0.1, 0.15) is 41.1 Å². The van der Waals surface area contributed by atoms with Crippen molar-refractivity contribution < 1.29 is 23.1 Å². The largest absolute Gasteiger partial charge is 0.481 e. The maximum Gasteiger partial charge on any atom is 0.305 e. The van der Waals surface area contributed by atoms with Gasteiger partial charge in [-0.05, 0) is 62.2 Å². The minimum Gasteiger partial charge on any atom is -0.481 e. The highest BCUT2D eigenvalue weighted by Crippen LogP contribution is 2.27. The number of hydrogen-bond donors (Lipinski definition) is 2. The quantitative estimate of drug-likeness (QED) is 0.394. The number of hydrogen-bond acceptors (Lipinski definition) is 10. The standard InChI is InChI=1S/C28H30N8O5S/c1-19-16-21(18-29)32-28(30-19)34-12-14-35(15-13-34)42(40,41)23-9-7-20(8-10-23)31-27(39)24-5-2-6-25(33-24)36-11-3-4-22(36)17-26(37)38/h2,5-10,16,22H,3-4,11-15,17H2,1H3,(H,31,39)(H,37,38)/t22-/m0/s1. The highest BCUT2D eigenvalue weighted by atomic mass is 32.2. The van der Waals surface area contributed by atoms with Crippen molar-refractivity contribution in [2.24, 2.45) is 0 Å². The van der Waals surface area contributed by atoms with Crippen molar-refractivity contribution in [1.82, 2.24) is 19.3 Å². The normalized spacial score (nSPS) is 17.6. The molecule has 0 spiro atoms. The third-order valence-electron chi connectivity index (χ3n) is 7.28. The molecule has 2 saturated heterocycles. The molecule has 0 unspecified atom stereocenters. The lowest BCUT2D eigenvalue weighted by atomic mass is 10.1. The van der Waals surface area contributed by atoms with Crippen LogP contribution in [-0.2, 0) is 14.8 Å². The number of aryl methyl sites for hydroxylation is 1. The molecule has 218 valence electrons. The van der Waals surface area contributed by atoms with Gasteiger partial charge in [-0.25, -0.2) is 23.4 Å². The van der Waals surface area contributed by atoms with Gasteiger partial charge in [-0.2, -0.15) is 9.57 Å². The monoisotopic (exact) mass is 590 g/mol. The molecule has 1 amide bonds. The molecular weight excluding hydrogens is 560 g/mol. The molecule has 1 aromatic carbocycles. The second kappa shape index (κ2) is 12.1. The summed E-state index contributed by atoms with van der Waals surface area (Å²) in [7, 11) is -3.77. The first-order valence-corrected chi connectivity index (χ1v) is 15.0. The highest BCUT2D eigenvalue weighted by molar-refractivity contribution is 7.89.